The predicted molar refractivity (Wildman–Crippen MR) is 107 cm³/mol. The third-order valence-electron chi connectivity index (χ3n) is 3.94. The Morgan fingerprint density at radius 2 is 1.86 bits per heavy atom. The molecule has 0 aliphatic rings. The highest BCUT2D eigenvalue weighted by Crippen LogP contribution is 2.21. The molecule has 0 aliphatic heterocycles. The quantitative estimate of drug-likeness (QED) is 0.437. The largest absolute Gasteiger partial charge is 0.497 e. The van der Waals surface area contributed by atoms with Gasteiger partial charge in [-0.05, 0) is 44.2 Å². The van der Waals surface area contributed by atoms with Crippen molar-refractivity contribution in [1.82, 2.24) is 35.4 Å². The van der Waals surface area contributed by atoms with Gasteiger partial charge in [0.15, 0.2) is 5.16 Å². The Balaban J connectivity index is 1.49. The van der Waals surface area contributed by atoms with Crippen molar-refractivity contribution >= 4 is 23.6 Å². The lowest BCUT2D eigenvalue weighted by molar-refractivity contribution is -0.128. The smallest absolute Gasteiger partial charge is 0.260 e. The fourth-order valence-electron chi connectivity index (χ4n) is 2.56. The molecule has 2 aromatic heterocycles. The number of carbonyl (C=O) groups is 2. The van der Waals surface area contributed by atoms with Gasteiger partial charge in [-0.15, -0.1) is 10.2 Å². The minimum atomic E-state index is -0.365. The molecule has 0 saturated carbocycles. The van der Waals surface area contributed by atoms with Crippen LogP contribution >= 0.6 is 11.8 Å². The fourth-order valence-corrected chi connectivity index (χ4v) is 3.29. The maximum absolute atomic E-state index is 12.1. The number of nitrogens with one attached hydrogen (secondary N) is 2. The van der Waals surface area contributed by atoms with Gasteiger partial charge in [0, 0.05) is 11.4 Å². The lowest BCUT2D eigenvalue weighted by Crippen LogP contribution is -2.44. The standard InChI is InChI=1S/C18H21N7O3S/c1-12-8-13(2)25(23-12)9-16(26)20-21-17(27)10-29-18-22-19-11-24(18)14-4-6-15(28-3)7-5-14/h4-8,11H,9-10H2,1-3H3,(H,20,26)(H,21,27). The molecule has 0 fully saturated rings. The van der Waals surface area contributed by atoms with Gasteiger partial charge in [0.25, 0.3) is 5.91 Å². The fraction of sp³-hybridized carbons (Fsp3) is 0.278. The number of benzene rings is 1. The Morgan fingerprint density at radius 3 is 2.52 bits per heavy atom. The summed E-state index contributed by atoms with van der Waals surface area (Å²) in [5.41, 5.74) is 7.33. The lowest BCUT2D eigenvalue weighted by Gasteiger charge is -2.09. The summed E-state index contributed by atoms with van der Waals surface area (Å²) in [7, 11) is 1.60. The number of ether oxygens (including phenoxy) is 1. The summed E-state index contributed by atoms with van der Waals surface area (Å²) in [6.07, 6.45) is 1.57. The summed E-state index contributed by atoms with van der Waals surface area (Å²) < 4.78 is 8.48. The molecule has 0 bridgehead atoms. The van der Waals surface area contributed by atoms with Gasteiger partial charge in [0.1, 0.15) is 18.6 Å². The molecule has 0 aliphatic carbocycles. The lowest BCUT2D eigenvalue weighted by atomic mass is 10.3. The Morgan fingerprint density at radius 1 is 1.14 bits per heavy atom. The molecule has 0 saturated heterocycles. The number of hydrogen-bond acceptors (Lipinski definition) is 7. The van der Waals surface area contributed by atoms with Crippen molar-refractivity contribution in [1.29, 1.82) is 0 Å². The van der Waals surface area contributed by atoms with E-state index in [9.17, 15) is 9.59 Å². The van der Waals surface area contributed by atoms with E-state index in [-0.39, 0.29) is 24.1 Å². The van der Waals surface area contributed by atoms with Gasteiger partial charge in [-0.3, -0.25) is 29.7 Å². The van der Waals surface area contributed by atoms with Crippen LogP contribution in [0, 0.1) is 13.8 Å². The zero-order valence-corrected chi connectivity index (χ0v) is 17.1. The molecule has 0 atom stereocenters. The third-order valence-corrected chi connectivity index (χ3v) is 4.88. The Kier molecular flexibility index (Phi) is 6.50. The van der Waals surface area contributed by atoms with Crippen molar-refractivity contribution in [2.45, 2.75) is 25.5 Å². The topological polar surface area (TPSA) is 116 Å². The first-order chi connectivity index (χ1) is 14.0. The van der Waals surface area contributed by atoms with E-state index in [0.717, 1.165) is 22.8 Å². The molecule has 2 heterocycles. The molecule has 152 valence electrons. The molecule has 0 unspecified atom stereocenters. The molecule has 3 aromatic rings. The third kappa shape index (κ3) is 5.35. The van der Waals surface area contributed by atoms with Crippen LogP contribution in [-0.4, -0.2) is 49.2 Å². The first-order valence-corrected chi connectivity index (χ1v) is 9.71. The van der Waals surface area contributed by atoms with E-state index in [4.69, 9.17) is 4.74 Å². The van der Waals surface area contributed by atoms with Crippen molar-refractivity contribution < 1.29 is 14.3 Å². The first kappa shape index (κ1) is 20.4. The van der Waals surface area contributed by atoms with Crippen LogP contribution < -0.4 is 15.6 Å². The maximum atomic E-state index is 12.1. The average Bonchev–Trinajstić information content (AvgIpc) is 3.30. The molecular formula is C18H21N7O3S. The summed E-state index contributed by atoms with van der Waals surface area (Å²) in [6, 6.07) is 9.27. The van der Waals surface area contributed by atoms with Gasteiger partial charge in [0.2, 0.25) is 5.91 Å². The number of aryl methyl sites for hydroxylation is 2. The zero-order valence-electron chi connectivity index (χ0n) is 16.2. The van der Waals surface area contributed by atoms with Crippen LogP contribution in [0.5, 0.6) is 5.75 Å². The Hall–Kier alpha value is -3.34. The van der Waals surface area contributed by atoms with E-state index in [1.165, 1.54) is 11.8 Å². The molecule has 29 heavy (non-hydrogen) atoms. The second kappa shape index (κ2) is 9.24. The van der Waals surface area contributed by atoms with Crippen molar-refractivity contribution in [2.75, 3.05) is 12.9 Å². The number of thioether (sulfide) groups is 1. The van der Waals surface area contributed by atoms with Gasteiger partial charge < -0.3 is 4.74 Å². The number of rotatable bonds is 7. The summed E-state index contributed by atoms with van der Waals surface area (Å²) in [5, 5.41) is 12.7. The molecule has 3 rings (SSSR count). The highest BCUT2D eigenvalue weighted by atomic mass is 32.2. The number of hydrogen-bond donors (Lipinski definition) is 2. The molecule has 1 aromatic carbocycles. The SMILES string of the molecule is COc1ccc(-n2cnnc2SCC(=O)NNC(=O)Cn2nc(C)cc2C)cc1. The summed E-state index contributed by atoms with van der Waals surface area (Å²) in [5.74, 6) is 0.0817. The molecular weight excluding hydrogens is 394 g/mol. The second-order valence-corrected chi connectivity index (χ2v) is 7.09. The highest BCUT2D eigenvalue weighted by molar-refractivity contribution is 7.99. The minimum absolute atomic E-state index is 0.0267. The number of amides is 2. The first-order valence-electron chi connectivity index (χ1n) is 8.72. The van der Waals surface area contributed by atoms with E-state index in [0.29, 0.717) is 5.16 Å². The van der Waals surface area contributed by atoms with E-state index in [1.807, 2.05) is 44.2 Å². The number of carbonyl (C=O) groups excluding carboxylic acids is 2. The van der Waals surface area contributed by atoms with Crippen molar-refractivity contribution in [2.24, 2.45) is 0 Å². The number of hydrazine groups is 1. The summed E-state index contributed by atoms with van der Waals surface area (Å²) in [6.45, 7) is 3.74. The normalized spacial score (nSPS) is 10.6. The van der Waals surface area contributed by atoms with Crippen molar-refractivity contribution in [3.63, 3.8) is 0 Å². The van der Waals surface area contributed by atoms with Gasteiger partial charge in [-0.25, -0.2) is 0 Å². The molecule has 2 amide bonds. The Labute approximate surface area is 171 Å². The average molecular weight is 415 g/mol. The van der Waals surface area contributed by atoms with Gasteiger partial charge in [-0.1, -0.05) is 11.8 Å². The van der Waals surface area contributed by atoms with E-state index < -0.39 is 0 Å². The summed E-state index contributed by atoms with van der Waals surface area (Å²) >= 11 is 1.21. The molecule has 2 N–H and O–H groups in total. The van der Waals surface area contributed by atoms with Gasteiger partial charge >= 0.3 is 0 Å². The van der Waals surface area contributed by atoms with E-state index in [2.05, 4.69) is 26.1 Å². The summed E-state index contributed by atoms with van der Waals surface area (Å²) in [4.78, 5) is 24.0. The minimum Gasteiger partial charge on any atom is -0.497 e. The number of aromatic nitrogens is 5. The van der Waals surface area contributed by atoms with E-state index in [1.54, 1.807) is 22.7 Å². The number of methoxy groups -OCH3 is 1. The van der Waals surface area contributed by atoms with Crippen LogP contribution in [0.1, 0.15) is 11.4 Å². The molecule has 10 nitrogen and oxygen atoms in total. The monoisotopic (exact) mass is 415 g/mol. The van der Waals surface area contributed by atoms with E-state index >= 15 is 0 Å². The molecule has 0 radical (unpaired) electrons. The zero-order chi connectivity index (χ0) is 20.8. The second-order valence-electron chi connectivity index (χ2n) is 6.15. The van der Waals surface area contributed by atoms with Crippen LogP contribution in [0.25, 0.3) is 5.69 Å². The van der Waals surface area contributed by atoms with Crippen LogP contribution in [0.4, 0.5) is 0 Å². The van der Waals surface area contributed by atoms with Crippen molar-refractivity contribution in [3.8, 4) is 11.4 Å². The van der Waals surface area contributed by atoms with Crippen LogP contribution in [-0.2, 0) is 16.1 Å². The highest BCUT2D eigenvalue weighted by Gasteiger charge is 2.12. The Bertz CT molecular complexity index is 997. The molecule has 0 spiro atoms. The maximum Gasteiger partial charge on any atom is 0.260 e. The molecule has 11 heteroatoms. The van der Waals surface area contributed by atoms with Gasteiger partial charge in [0.05, 0.1) is 18.6 Å². The van der Waals surface area contributed by atoms with Crippen LogP contribution in [0.15, 0.2) is 41.8 Å². The van der Waals surface area contributed by atoms with Crippen LogP contribution in [0.3, 0.4) is 0 Å². The predicted octanol–water partition coefficient (Wildman–Crippen LogP) is 1.03. The number of nitrogens with zero attached hydrogens (tertiary/aromatic N) is 5. The van der Waals surface area contributed by atoms with Gasteiger partial charge in [-0.2, -0.15) is 5.10 Å². The van der Waals surface area contributed by atoms with Crippen molar-refractivity contribution in [3.05, 3.63) is 48.0 Å². The van der Waals surface area contributed by atoms with Crippen LogP contribution in [0.2, 0.25) is 0 Å².